The summed E-state index contributed by atoms with van der Waals surface area (Å²) in [5.41, 5.74) is 1.97. The molecule has 1 fully saturated rings. The molecule has 1 N–H and O–H groups in total. The molecule has 24 heavy (non-hydrogen) atoms. The van der Waals surface area contributed by atoms with Crippen LogP contribution in [0.3, 0.4) is 0 Å². The molecule has 3 nitrogen and oxygen atoms in total. The molecule has 4 heteroatoms. The summed E-state index contributed by atoms with van der Waals surface area (Å²) in [4.78, 5) is 14.4. The monoisotopic (exact) mass is 342 g/mol. The standard InChI is InChI=1S/C20H26N2OS/c1-2-3-6-16(13-22-11-9-21-10-12-22)18(14-23)19-15-24-20-8-5-4-7-17(19)20/h4-5,7-8,15-16,21H,2-3,6,9-13H2,1H3. The highest BCUT2D eigenvalue weighted by Gasteiger charge is 2.23. The minimum absolute atomic E-state index is 0.276. The number of unbranched alkanes of at least 4 members (excludes halogenated alkanes) is 1. The zero-order chi connectivity index (χ0) is 16.8. The van der Waals surface area contributed by atoms with Crippen molar-refractivity contribution in [1.82, 2.24) is 10.2 Å². The zero-order valence-corrected chi connectivity index (χ0v) is 15.2. The van der Waals surface area contributed by atoms with Gasteiger partial charge in [0.1, 0.15) is 5.94 Å². The molecule has 1 atom stereocenters. The van der Waals surface area contributed by atoms with Crippen molar-refractivity contribution < 1.29 is 4.79 Å². The lowest BCUT2D eigenvalue weighted by Gasteiger charge is -2.31. The Bertz CT molecular complexity index is 711. The number of thiophene rings is 1. The first-order valence-electron chi connectivity index (χ1n) is 8.98. The van der Waals surface area contributed by atoms with Crippen LogP contribution in [0, 0.1) is 5.92 Å². The van der Waals surface area contributed by atoms with Crippen LogP contribution in [0.1, 0.15) is 31.7 Å². The molecule has 2 heterocycles. The average molecular weight is 343 g/mol. The van der Waals surface area contributed by atoms with Crippen LogP contribution in [0.5, 0.6) is 0 Å². The molecule has 1 unspecified atom stereocenters. The second-order valence-electron chi connectivity index (χ2n) is 6.55. The van der Waals surface area contributed by atoms with E-state index in [1.807, 2.05) is 0 Å². The number of benzene rings is 1. The van der Waals surface area contributed by atoms with Gasteiger partial charge in [-0.15, -0.1) is 11.3 Å². The van der Waals surface area contributed by atoms with Gasteiger partial charge in [-0.05, 0) is 12.5 Å². The van der Waals surface area contributed by atoms with E-state index in [0.717, 1.165) is 63.1 Å². The number of fused-ring (bicyclic) bond motifs is 1. The second-order valence-corrected chi connectivity index (χ2v) is 7.46. The number of nitrogens with one attached hydrogen (secondary N) is 1. The van der Waals surface area contributed by atoms with E-state index < -0.39 is 0 Å². The van der Waals surface area contributed by atoms with E-state index in [-0.39, 0.29) is 5.92 Å². The number of rotatable bonds is 7. The number of nitrogens with zero attached hydrogens (tertiary/aromatic N) is 1. The largest absolute Gasteiger partial charge is 0.314 e. The topological polar surface area (TPSA) is 32.3 Å². The summed E-state index contributed by atoms with van der Waals surface area (Å²) in [5, 5.41) is 6.74. The van der Waals surface area contributed by atoms with Crippen molar-refractivity contribution >= 4 is 32.9 Å². The van der Waals surface area contributed by atoms with Gasteiger partial charge in [0.05, 0.1) is 0 Å². The van der Waals surface area contributed by atoms with Gasteiger partial charge in [0.25, 0.3) is 0 Å². The lowest BCUT2D eigenvalue weighted by Crippen LogP contribution is -2.45. The Morgan fingerprint density at radius 3 is 2.88 bits per heavy atom. The molecule has 0 bridgehead atoms. The van der Waals surface area contributed by atoms with Gasteiger partial charge in [-0.3, -0.25) is 0 Å². The first-order chi connectivity index (χ1) is 11.8. The molecule has 0 radical (unpaired) electrons. The molecular formula is C20H26N2OS. The van der Waals surface area contributed by atoms with Gasteiger partial charge >= 0.3 is 0 Å². The van der Waals surface area contributed by atoms with E-state index in [1.165, 1.54) is 10.1 Å². The Morgan fingerprint density at radius 1 is 1.33 bits per heavy atom. The van der Waals surface area contributed by atoms with Crippen LogP contribution < -0.4 is 5.32 Å². The van der Waals surface area contributed by atoms with Gasteiger partial charge < -0.3 is 10.2 Å². The summed E-state index contributed by atoms with van der Waals surface area (Å²) < 4.78 is 1.25. The number of hydrogen-bond donors (Lipinski definition) is 1. The first-order valence-corrected chi connectivity index (χ1v) is 9.86. The van der Waals surface area contributed by atoms with Crippen LogP contribution >= 0.6 is 11.3 Å². The minimum Gasteiger partial charge on any atom is -0.314 e. The molecule has 1 saturated heterocycles. The van der Waals surface area contributed by atoms with E-state index in [9.17, 15) is 4.79 Å². The molecule has 0 amide bonds. The quantitative estimate of drug-likeness (QED) is 0.776. The molecular weight excluding hydrogens is 316 g/mol. The van der Waals surface area contributed by atoms with E-state index >= 15 is 0 Å². The van der Waals surface area contributed by atoms with Crippen molar-refractivity contribution in [3.63, 3.8) is 0 Å². The fourth-order valence-electron chi connectivity index (χ4n) is 3.53. The highest BCUT2D eigenvalue weighted by atomic mass is 32.1. The summed E-state index contributed by atoms with van der Waals surface area (Å²) in [6, 6.07) is 8.37. The Labute approximate surface area is 148 Å². The number of piperazine rings is 1. The Balaban J connectivity index is 1.87. The molecule has 1 aromatic heterocycles. The molecule has 3 rings (SSSR count). The SMILES string of the molecule is CCCCC(CN1CCNCC1)C(=C=O)c1csc2ccccc12. The van der Waals surface area contributed by atoms with Crippen molar-refractivity contribution in [2.24, 2.45) is 5.92 Å². The van der Waals surface area contributed by atoms with Crippen molar-refractivity contribution in [3.05, 3.63) is 35.2 Å². The smallest absolute Gasteiger partial charge is 0.128 e. The maximum absolute atomic E-state index is 11.9. The lowest BCUT2D eigenvalue weighted by atomic mass is 9.88. The predicted molar refractivity (Wildman–Crippen MR) is 103 cm³/mol. The summed E-state index contributed by atoms with van der Waals surface area (Å²) in [5.74, 6) is 2.60. The van der Waals surface area contributed by atoms with Crippen LogP contribution in [0.25, 0.3) is 15.7 Å². The van der Waals surface area contributed by atoms with E-state index in [2.05, 4.69) is 52.7 Å². The molecule has 1 aliphatic rings. The summed E-state index contributed by atoms with van der Waals surface area (Å²) in [7, 11) is 0. The Kier molecular flexibility index (Phi) is 6.22. The lowest BCUT2D eigenvalue weighted by molar-refractivity contribution is 0.218. The Hall–Kier alpha value is -1.45. The van der Waals surface area contributed by atoms with Crippen molar-refractivity contribution in [1.29, 1.82) is 0 Å². The third-order valence-electron chi connectivity index (χ3n) is 4.88. The number of hydrogen-bond acceptors (Lipinski definition) is 4. The van der Waals surface area contributed by atoms with Gasteiger partial charge in [-0.2, -0.15) is 0 Å². The van der Waals surface area contributed by atoms with Gasteiger partial charge in [-0.25, -0.2) is 4.79 Å². The summed E-state index contributed by atoms with van der Waals surface area (Å²) >= 11 is 1.72. The van der Waals surface area contributed by atoms with Crippen LogP contribution in [0.4, 0.5) is 0 Å². The third kappa shape index (κ3) is 3.96. The van der Waals surface area contributed by atoms with Crippen molar-refractivity contribution in [2.45, 2.75) is 26.2 Å². The molecule has 1 aliphatic heterocycles. The van der Waals surface area contributed by atoms with E-state index in [1.54, 1.807) is 11.3 Å². The Morgan fingerprint density at radius 2 is 2.12 bits per heavy atom. The summed E-state index contributed by atoms with van der Waals surface area (Å²) in [6.45, 7) is 7.41. The van der Waals surface area contributed by atoms with Gasteiger partial charge in [0.15, 0.2) is 0 Å². The fourth-order valence-corrected chi connectivity index (χ4v) is 4.49. The van der Waals surface area contributed by atoms with Crippen LogP contribution in [-0.2, 0) is 4.79 Å². The second kappa shape index (κ2) is 8.59. The van der Waals surface area contributed by atoms with Gasteiger partial charge in [0, 0.05) is 65.2 Å². The highest BCUT2D eigenvalue weighted by Crippen LogP contribution is 2.35. The maximum Gasteiger partial charge on any atom is 0.128 e. The van der Waals surface area contributed by atoms with E-state index in [0.29, 0.717) is 0 Å². The molecule has 0 aliphatic carbocycles. The third-order valence-corrected chi connectivity index (χ3v) is 5.85. The van der Waals surface area contributed by atoms with Crippen LogP contribution in [0.2, 0.25) is 0 Å². The zero-order valence-electron chi connectivity index (χ0n) is 14.4. The first kappa shape index (κ1) is 17.4. The molecule has 128 valence electrons. The minimum atomic E-state index is 0.276. The van der Waals surface area contributed by atoms with Gasteiger partial charge in [0.2, 0.25) is 0 Å². The van der Waals surface area contributed by atoms with Crippen LogP contribution in [-0.4, -0.2) is 43.6 Å². The predicted octanol–water partition coefficient (Wildman–Crippen LogP) is 3.83. The van der Waals surface area contributed by atoms with Crippen molar-refractivity contribution in [3.8, 4) is 0 Å². The fraction of sp³-hybridized carbons (Fsp3) is 0.500. The highest BCUT2D eigenvalue weighted by molar-refractivity contribution is 7.17. The maximum atomic E-state index is 11.9. The molecule has 1 aromatic carbocycles. The summed E-state index contributed by atoms with van der Waals surface area (Å²) in [6.07, 6.45) is 3.38. The van der Waals surface area contributed by atoms with Crippen molar-refractivity contribution in [2.75, 3.05) is 32.7 Å². The molecule has 0 spiro atoms. The van der Waals surface area contributed by atoms with Gasteiger partial charge in [-0.1, -0.05) is 38.0 Å². The van der Waals surface area contributed by atoms with Crippen LogP contribution in [0.15, 0.2) is 29.6 Å². The normalized spacial score (nSPS) is 16.9. The molecule has 0 saturated carbocycles. The van der Waals surface area contributed by atoms with E-state index in [4.69, 9.17) is 0 Å². The molecule has 2 aromatic rings. The number of carbonyl (C=O) groups excluding carboxylic acids is 1. The average Bonchev–Trinajstić information content (AvgIpc) is 3.05.